The van der Waals surface area contributed by atoms with Gasteiger partial charge in [-0.1, -0.05) is 0 Å². The molecular weight excluding hydrogens is 418 g/mol. The lowest BCUT2D eigenvalue weighted by atomic mass is 9.76. The van der Waals surface area contributed by atoms with E-state index in [2.05, 4.69) is 43.2 Å². The normalized spacial score (nSPS) is 25.4. The molecule has 3 atom stereocenters. The fraction of sp³-hybridized carbons (Fsp3) is 0.500. The Kier molecular flexibility index (Phi) is 5.63. The molecule has 174 valence electrons. The fourth-order valence-corrected chi connectivity index (χ4v) is 5.64. The molecule has 0 amide bonds. The van der Waals surface area contributed by atoms with Gasteiger partial charge in [-0.25, -0.2) is 9.97 Å². The molecule has 0 aromatic carbocycles. The Hall–Kier alpha value is -2.72. The monoisotopic (exact) mass is 449 g/mol. The number of rotatable bonds is 5. The summed E-state index contributed by atoms with van der Waals surface area (Å²) in [6, 6.07) is 6.79. The number of aliphatic hydroxyl groups excluding tert-OH is 1. The molecule has 9 heteroatoms. The van der Waals surface area contributed by atoms with Crippen molar-refractivity contribution in [1.29, 1.82) is 0 Å². The molecule has 2 saturated heterocycles. The van der Waals surface area contributed by atoms with Crippen LogP contribution in [0.15, 0.2) is 36.8 Å². The van der Waals surface area contributed by atoms with Crippen LogP contribution in [0.5, 0.6) is 0 Å². The topological polar surface area (TPSA) is 99.0 Å². The van der Waals surface area contributed by atoms with Gasteiger partial charge in [-0.05, 0) is 54.9 Å². The molecule has 3 fully saturated rings. The van der Waals surface area contributed by atoms with Crippen molar-refractivity contribution >= 4 is 22.8 Å². The number of aliphatic hydroxyl groups is 1. The molecule has 0 spiro atoms. The average Bonchev–Trinajstić information content (AvgIpc) is 3.54. The van der Waals surface area contributed by atoms with Crippen LogP contribution >= 0.6 is 0 Å². The number of aromatic nitrogens is 3. The van der Waals surface area contributed by atoms with Gasteiger partial charge in [-0.2, -0.15) is 0 Å². The van der Waals surface area contributed by atoms with E-state index in [0.717, 1.165) is 74.2 Å². The maximum absolute atomic E-state index is 10.3. The minimum absolute atomic E-state index is 0.00869. The van der Waals surface area contributed by atoms with Crippen molar-refractivity contribution in [3.8, 4) is 0 Å². The second kappa shape index (κ2) is 8.90. The van der Waals surface area contributed by atoms with Gasteiger partial charge in [-0.15, -0.1) is 0 Å². The number of ether oxygens (including phenoxy) is 1. The summed E-state index contributed by atoms with van der Waals surface area (Å²) in [4.78, 5) is 11.5. The minimum atomic E-state index is -0.00869. The van der Waals surface area contributed by atoms with E-state index in [1.54, 1.807) is 6.20 Å². The zero-order valence-electron chi connectivity index (χ0n) is 18.7. The van der Waals surface area contributed by atoms with Crippen molar-refractivity contribution in [3.05, 3.63) is 48.0 Å². The summed E-state index contributed by atoms with van der Waals surface area (Å²) in [5.41, 5.74) is 11.7. The highest BCUT2D eigenvalue weighted by molar-refractivity contribution is 5.74. The first-order chi connectivity index (χ1) is 16.3. The van der Waals surface area contributed by atoms with E-state index < -0.39 is 0 Å². The van der Waals surface area contributed by atoms with Crippen molar-refractivity contribution in [2.45, 2.75) is 37.8 Å². The molecular formula is C24H31N7O2. The number of nitrogens with zero attached hydrogens (tertiary/aromatic N) is 4. The highest BCUT2D eigenvalue weighted by atomic mass is 16.5. The predicted molar refractivity (Wildman–Crippen MR) is 127 cm³/mol. The van der Waals surface area contributed by atoms with E-state index in [0.29, 0.717) is 17.9 Å². The first-order valence-electron chi connectivity index (χ1n) is 11.9. The zero-order chi connectivity index (χ0) is 22.2. The lowest BCUT2D eigenvalue weighted by molar-refractivity contribution is 0.122. The van der Waals surface area contributed by atoms with Crippen LogP contribution in [0.2, 0.25) is 0 Å². The van der Waals surface area contributed by atoms with Gasteiger partial charge < -0.3 is 20.1 Å². The molecule has 33 heavy (non-hydrogen) atoms. The Morgan fingerprint density at radius 3 is 2.91 bits per heavy atom. The molecule has 3 aliphatic rings. The zero-order valence-corrected chi connectivity index (χ0v) is 18.7. The maximum atomic E-state index is 10.3. The van der Waals surface area contributed by atoms with Crippen LogP contribution in [0.1, 0.15) is 36.4 Å². The fourth-order valence-electron chi connectivity index (χ4n) is 5.64. The number of nitrogens with one attached hydrogen (secondary N) is 3. The number of pyridine rings is 2. The van der Waals surface area contributed by atoms with Gasteiger partial charge >= 0.3 is 0 Å². The molecule has 2 aliphatic heterocycles. The van der Waals surface area contributed by atoms with Crippen molar-refractivity contribution in [1.82, 2.24) is 25.2 Å². The summed E-state index contributed by atoms with van der Waals surface area (Å²) >= 11 is 0. The van der Waals surface area contributed by atoms with Crippen LogP contribution in [0, 0.1) is 5.92 Å². The summed E-state index contributed by atoms with van der Waals surface area (Å²) < 4.78 is 7.47. The quantitative estimate of drug-likeness (QED) is 0.470. The molecule has 9 nitrogen and oxygen atoms in total. The Labute approximate surface area is 193 Å². The third-order valence-corrected chi connectivity index (χ3v) is 7.43. The molecule has 3 unspecified atom stereocenters. The van der Waals surface area contributed by atoms with Gasteiger partial charge in [0, 0.05) is 38.1 Å². The highest BCUT2D eigenvalue weighted by Crippen LogP contribution is 2.40. The number of hydrogen-bond donors (Lipinski definition) is 4. The molecule has 1 aliphatic carbocycles. The molecule has 5 heterocycles. The van der Waals surface area contributed by atoms with Crippen molar-refractivity contribution in [3.63, 3.8) is 0 Å². The smallest absolute Gasteiger partial charge is 0.160 e. The van der Waals surface area contributed by atoms with E-state index in [9.17, 15) is 5.11 Å². The van der Waals surface area contributed by atoms with Gasteiger partial charge in [0.15, 0.2) is 5.65 Å². The molecule has 3 aromatic rings. The number of imidazole rings is 1. The summed E-state index contributed by atoms with van der Waals surface area (Å²) in [6.45, 7) is 4.33. The molecule has 1 saturated carbocycles. The Morgan fingerprint density at radius 1 is 1.18 bits per heavy atom. The van der Waals surface area contributed by atoms with Crippen LogP contribution in [0.3, 0.4) is 0 Å². The Morgan fingerprint density at radius 2 is 2.09 bits per heavy atom. The van der Waals surface area contributed by atoms with Crippen LogP contribution in [-0.4, -0.2) is 58.4 Å². The van der Waals surface area contributed by atoms with E-state index in [1.807, 2.05) is 22.9 Å². The van der Waals surface area contributed by atoms with Crippen LogP contribution in [0.25, 0.3) is 5.65 Å². The molecule has 0 radical (unpaired) electrons. The first kappa shape index (κ1) is 20.9. The van der Waals surface area contributed by atoms with E-state index in [-0.39, 0.29) is 6.61 Å². The van der Waals surface area contributed by atoms with Gasteiger partial charge in [-0.3, -0.25) is 15.3 Å². The molecule has 0 bridgehead atoms. The third kappa shape index (κ3) is 3.95. The van der Waals surface area contributed by atoms with Gasteiger partial charge in [0.2, 0.25) is 0 Å². The van der Waals surface area contributed by atoms with Crippen LogP contribution < -0.4 is 21.1 Å². The average molecular weight is 450 g/mol. The largest absolute Gasteiger partial charge is 0.390 e. The predicted octanol–water partition coefficient (Wildman–Crippen LogP) is 2.16. The SMILES string of the molecule is OCc1c(C2CCC3CNNC3C2)cc(Nc2ccc(N3CCOCC3)cn2)c2nccn12. The maximum Gasteiger partial charge on any atom is 0.160 e. The number of hydrazine groups is 1. The number of morpholine rings is 1. The van der Waals surface area contributed by atoms with Gasteiger partial charge in [0.05, 0.1) is 43.1 Å². The van der Waals surface area contributed by atoms with Crippen LogP contribution in [-0.2, 0) is 11.3 Å². The van der Waals surface area contributed by atoms with Crippen molar-refractivity contribution in [2.75, 3.05) is 43.1 Å². The minimum Gasteiger partial charge on any atom is -0.390 e. The lowest BCUT2D eigenvalue weighted by Gasteiger charge is -2.32. The molecule has 4 N–H and O–H groups in total. The Bertz CT molecular complexity index is 1110. The van der Waals surface area contributed by atoms with Gasteiger partial charge in [0.1, 0.15) is 5.82 Å². The molecule has 3 aromatic heterocycles. The van der Waals surface area contributed by atoms with E-state index in [4.69, 9.17) is 4.74 Å². The van der Waals surface area contributed by atoms with Crippen LogP contribution in [0.4, 0.5) is 17.2 Å². The van der Waals surface area contributed by atoms with Crippen molar-refractivity contribution in [2.24, 2.45) is 5.92 Å². The summed E-state index contributed by atoms with van der Waals surface area (Å²) in [5, 5.41) is 13.8. The number of fused-ring (bicyclic) bond motifs is 2. The Balaban J connectivity index is 1.30. The lowest BCUT2D eigenvalue weighted by Crippen LogP contribution is -2.36. The van der Waals surface area contributed by atoms with E-state index >= 15 is 0 Å². The van der Waals surface area contributed by atoms with Gasteiger partial charge in [0.25, 0.3) is 0 Å². The molecule has 6 rings (SSSR count). The third-order valence-electron chi connectivity index (χ3n) is 7.43. The summed E-state index contributed by atoms with van der Waals surface area (Å²) in [7, 11) is 0. The standard InChI is InChI=1S/C24H31N7O2/c32-15-22-19(16-1-2-17-13-27-29-20(17)11-16)12-21(24-25-5-6-31(22)24)28-23-4-3-18(14-26-23)30-7-9-33-10-8-30/h3-6,12,14,16-17,20,27,29,32H,1-2,7-11,13,15H2,(H,26,28). The number of hydrogen-bond acceptors (Lipinski definition) is 8. The highest BCUT2D eigenvalue weighted by Gasteiger charge is 2.35. The van der Waals surface area contributed by atoms with E-state index in [1.165, 1.54) is 12.0 Å². The summed E-state index contributed by atoms with van der Waals surface area (Å²) in [6.07, 6.45) is 9.03. The number of anilines is 3. The van der Waals surface area contributed by atoms with Crippen molar-refractivity contribution < 1.29 is 9.84 Å². The first-order valence-corrected chi connectivity index (χ1v) is 11.9. The second-order valence-corrected chi connectivity index (χ2v) is 9.27. The summed E-state index contributed by atoms with van der Waals surface area (Å²) in [5.74, 6) is 1.87. The second-order valence-electron chi connectivity index (χ2n) is 9.27.